The highest BCUT2D eigenvalue weighted by Gasteiger charge is 2.30. The molecule has 21 heavy (non-hydrogen) atoms. The van der Waals surface area contributed by atoms with Crippen molar-refractivity contribution in [3.05, 3.63) is 48.3 Å². The van der Waals surface area contributed by atoms with E-state index in [0.29, 0.717) is 32.4 Å². The van der Waals surface area contributed by atoms with Gasteiger partial charge in [0.25, 0.3) is 0 Å². The van der Waals surface area contributed by atoms with Gasteiger partial charge in [-0.25, -0.2) is 4.39 Å². The third-order valence-electron chi connectivity index (χ3n) is 3.44. The molecular formula is C16H19FN2O2. The number of hydrogen-bond acceptors (Lipinski definition) is 2. The maximum Gasteiger partial charge on any atom is 0.225 e. The van der Waals surface area contributed by atoms with Crippen LogP contribution in [0, 0.1) is 5.82 Å². The highest BCUT2D eigenvalue weighted by atomic mass is 19.1. The lowest BCUT2D eigenvalue weighted by Crippen LogP contribution is -2.36. The first-order valence-corrected chi connectivity index (χ1v) is 7.01. The van der Waals surface area contributed by atoms with E-state index in [0.717, 1.165) is 5.56 Å². The van der Waals surface area contributed by atoms with Gasteiger partial charge in [0.1, 0.15) is 5.82 Å². The standard InChI is InChI=1S/C16H19FN2O2/c1-2-3-4-15(20)18-14-9-16(21)19(11-14)10-12-5-7-13(17)8-6-12/h2,5-8,14H,1,3-4,9-11H2,(H,18,20). The number of halogens is 1. The number of allylic oxidation sites excluding steroid dienone is 1. The minimum atomic E-state index is -0.293. The van der Waals surface area contributed by atoms with E-state index in [1.165, 1.54) is 12.1 Å². The second-order valence-corrected chi connectivity index (χ2v) is 5.20. The summed E-state index contributed by atoms with van der Waals surface area (Å²) < 4.78 is 12.8. The van der Waals surface area contributed by atoms with Crippen molar-refractivity contribution in [1.82, 2.24) is 10.2 Å². The summed E-state index contributed by atoms with van der Waals surface area (Å²) in [4.78, 5) is 25.3. The van der Waals surface area contributed by atoms with Crippen LogP contribution in [0.4, 0.5) is 4.39 Å². The molecule has 0 aliphatic carbocycles. The third kappa shape index (κ3) is 4.41. The van der Waals surface area contributed by atoms with Crippen molar-refractivity contribution in [3.8, 4) is 0 Å². The number of carbonyl (C=O) groups excluding carboxylic acids is 2. The van der Waals surface area contributed by atoms with Gasteiger partial charge in [0.15, 0.2) is 0 Å². The number of hydrogen-bond donors (Lipinski definition) is 1. The fourth-order valence-corrected chi connectivity index (χ4v) is 2.36. The summed E-state index contributed by atoms with van der Waals surface area (Å²) in [5.41, 5.74) is 0.878. The zero-order valence-electron chi connectivity index (χ0n) is 11.8. The van der Waals surface area contributed by atoms with E-state index in [2.05, 4.69) is 11.9 Å². The summed E-state index contributed by atoms with van der Waals surface area (Å²) in [5, 5.41) is 2.86. The molecule has 0 spiro atoms. The van der Waals surface area contributed by atoms with Gasteiger partial charge < -0.3 is 10.2 Å². The van der Waals surface area contributed by atoms with Crippen LogP contribution in [0.15, 0.2) is 36.9 Å². The summed E-state index contributed by atoms with van der Waals surface area (Å²) >= 11 is 0. The van der Waals surface area contributed by atoms with E-state index in [-0.39, 0.29) is 23.7 Å². The largest absolute Gasteiger partial charge is 0.351 e. The molecule has 1 aliphatic heterocycles. The van der Waals surface area contributed by atoms with Crippen molar-refractivity contribution in [1.29, 1.82) is 0 Å². The van der Waals surface area contributed by atoms with Crippen molar-refractivity contribution >= 4 is 11.8 Å². The van der Waals surface area contributed by atoms with Crippen molar-refractivity contribution in [3.63, 3.8) is 0 Å². The lowest BCUT2D eigenvalue weighted by atomic mass is 10.2. The second-order valence-electron chi connectivity index (χ2n) is 5.20. The molecular weight excluding hydrogens is 271 g/mol. The third-order valence-corrected chi connectivity index (χ3v) is 3.44. The molecule has 2 rings (SSSR count). The summed E-state index contributed by atoms with van der Waals surface area (Å²) in [6.45, 7) is 4.51. The smallest absolute Gasteiger partial charge is 0.225 e. The van der Waals surface area contributed by atoms with Crippen LogP contribution in [-0.4, -0.2) is 29.3 Å². The lowest BCUT2D eigenvalue weighted by Gasteiger charge is -2.17. The maximum atomic E-state index is 12.8. The zero-order chi connectivity index (χ0) is 15.2. The quantitative estimate of drug-likeness (QED) is 0.815. The Morgan fingerprint density at radius 1 is 1.43 bits per heavy atom. The SMILES string of the molecule is C=CCCC(=O)NC1CC(=O)N(Cc2ccc(F)cc2)C1. The molecule has 1 fully saturated rings. The van der Waals surface area contributed by atoms with E-state index < -0.39 is 0 Å². The van der Waals surface area contributed by atoms with Crippen LogP contribution in [0.25, 0.3) is 0 Å². The number of likely N-dealkylation sites (tertiary alicyclic amines) is 1. The Hall–Kier alpha value is -2.17. The van der Waals surface area contributed by atoms with Crippen LogP contribution in [0.3, 0.4) is 0 Å². The fraction of sp³-hybridized carbons (Fsp3) is 0.375. The van der Waals surface area contributed by atoms with Gasteiger partial charge in [0.05, 0.1) is 6.04 Å². The van der Waals surface area contributed by atoms with Gasteiger partial charge in [0.2, 0.25) is 11.8 Å². The molecule has 0 saturated carbocycles. The van der Waals surface area contributed by atoms with Gasteiger partial charge in [-0.15, -0.1) is 6.58 Å². The lowest BCUT2D eigenvalue weighted by molar-refractivity contribution is -0.128. The Morgan fingerprint density at radius 2 is 2.14 bits per heavy atom. The van der Waals surface area contributed by atoms with Crippen LogP contribution < -0.4 is 5.32 Å². The Kier molecular flexibility index (Phi) is 5.09. The molecule has 0 bridgehead atoms. The highest BCUT2D eigenvalue weighted by Crippen LogP contribution is 2.15. The van der Waals surface area contributed by atoms with Crippen LogP contribution >= 0.6 is 0 Å². The molecule has 0 radical (unpaired) electrons. The van der Waals surface area contributed by atoms with Gasteiger partial charge >= 0.3 is 0 Å². The van der Waals surface area contributed by atoms with Gasteiger partial charge in [-0.2, -0.15) is 0 Å². The van der Waals surface area contributed by atoms with Crippen LogP contribution in [0.1, 0.15) is 24.8 Å². The van der Waals surface area contributed by atoms with Crippen LogP contribution in [0.2, 0.25) is 0 Å². The predicted molar refractivity (Wildman–Crippen MR) is 77.8 cm³/mol. The summed E-state index contributed by atoms with van der Waals surface area (Å²) in [6.07, 6.45) is 3.04. The Bertz CT molecular complexity index is 528. The van der Waals surface area contributed by atoms with E-state index in [1.807, 2.05) is 0 Å². The Morgan fingerprint density at radius 3 is 2.81 bits per heavy atom. The molecule has 1 unspecified atom stereocenters. The van der Waals surface area contributed by atoms with Gasteiger partial charge in [-0.3, -0.25) is 9.59 Å². The first kappa shape index (κ1) is 15.2. The number of nitrogens with one attached hydrogen (secondary N) is 1. The molecule has 2 amide bonds. The number of benzene rings is 1. The zero-order valence-corrected chi connectivity index (χ0v) is 11.8. The normalized spacial score (nSPS) is 17.9. The van der Waals surface area contributed by atoms with E-state index >= 15 is 0 Å². The molecule has 1 aromatic carbocycles. The first-order valence-electron chi connectivity index (χ1n) is 7.01. The van der Waals surface area contributed by atoms with E-state index in [4.69, 9.17) is 0 Å². The van der Waals surface area contributed by atoms with Gasteiger partial charge in [0, 0.05) is 25.9 Å². The molecule has 5 heteroatoms. The summed E-state index contributed by atoms with van der Waals surface area (Å²) in [5.74, 6) is -0.344. The molecule has 1 heterocycles. The number of carbonyl (C=O) groups is 2. The molecule has 4 nitrogen and oxygen atoms in total. The van der Waals surface area contributed by atoms with Crippen molar-refractivity contribution in [2.45, 2.75) is 31.8 Å². The summed E-state index contributed by atoms with van der Waals surface area (Å²) in [6, 6.07) is 5.95. The second kappa shape index (κ2) is 7.02. The summed E-state index contributed by atoms with van der Waals surface area (Å²) in [7, 11) is 0. The first-order chi connectivity index (χ1) is 10.1. The molecule has 1 aliphatic rings. The molecule has 1 aromatic rings. The average Bonchev–Trinajstić information content (AvgIpc) is 2.79. The van der Waals surface area contributed by atoms with Crippen LogP contribution in [-0.2, 0) is 16.1 Å². The van der Waals surface area contributed by atoms with E-state index in [9.17, 15) is 14.0 Å². The number of amides is 2. The highest BCUT2D eigenvalue weighted by molar-refractivity contribution is 5.82. The van der Waals surface area contributed by atoms with Gasteiger partial charge in [-0.05, 0) is 24.1 Å². The van der Waals surface area contributed by atoms with Crippen molar-refractivity contribution < 1.29 is 14.0 Å². The average molecular weight is 290 g/mol. The Balaban J connectivity index is 1.86. The van der Waals surface area contributed by atoms with Gasteiger partial charge in [-0.1, -0.05) is 18.2 Å². The maximum absolute atomic E-state index is 12.8. The van der Waals surface area contributed by atoms with Crippen molar-refractivity contribution in [2.24, 2.45) is 0 Å². The monoisotopic (exact) mass is 290 g/mol. The minimum Gasteiger partial charge on any atom is -0.351 e. The topological polar surface area (TPSA) is 49.4 Å². The fourth-order valence-electron chi connectivity index (χ4n) is 2.36. The predicted octanol–water partition coefficient (Wildman–Crippen LogP) is 2.01. The molecule has 0 aromatic heterocycles. The van der Waals surface area contributed by atoms with Crippen molar-refractivity contribution in [2.75, 3.05) is 6.54 Å². The molecule has 1 N–H and O–H groups in total. The molecule has 1 saturated heterocycles. The van der Waals surface area contributed by atoms with E-state index in [1.54, 1.807) is 23.1 Å². The molecule has 112 valence electrons. The number of rotatable bonds is 6. The minimum absolute atomic E-state index is 0.00773. The van der Waals surface area contributed by atoms with Crippen LogP contribution in [0.5, 0.6) is 0 Å². The number of nitrogens with zero attached hydrogens (tertiary/aromatic N) is 1. The Labute approximate surface area is 123 Å². The molecule has 1 atom stereocenters.